The number of aliphatic hydroxyl groups excluding tert-OH is 1. The number of rotatable bonds is 17. The van der Waals surface area contributed by atoms with Crippen LogP contribution < -0.4 is 4.74 Å². The lowest BCUT2D eigenvalue weighted by molar-refractivity contribution is -0.226. The van der Waals surface area contributed by atoms with Crippen molar-refractivity contribution in [1.29, 1.82) is 0 Å². The van der Waals surface area contributed by atoms with Gasteiger partial charge in [0.15, 0.2) is 12.6 Å². The molecule has 3 aliphatic rings. The van der Waals surface area contributed by atoms with Crippen LogP contribution in [0.1, 0.15) is 64.2 Å². The van der Waals surface area contributed by atoms with Crippen molar-refractivity contribution >= 4 is 17.7 Å². The zero-order chi connectivity index (χ0) is 28.7. The van der Waals surface area contributed by atoms with Gasteiger partial charge in [-0.05, 0) is 69.3 Å². The van der Waals surface area contributed by atoms with E-state index in [1.165, 1.54) is 7.11 Å². The maximum atomic E-state index is 11.4. The minimum absolute atomic E-state index is 0.0594. The van der Waals surface area contributed by atoms with Gasteiger partial charge in [0.25, 0.3) is 0 Å². The van der Waals surface area contributed by atoms with E-state index in [1.54, 1.807) is 11.8 Å². The van der Waals surface area contributed by atoms with Gasteiger partial charge < -0.3 is 38.3 Å². The maximum Gasteiger partial charge on any atom is 0.315 e. The topological polar surface area (TPSA) is 102 Å². The first-order valence-corrected chi connectivity index (χ1v) is 16.4. The Bertz CT molecular complexity index is 847. The summed E-state index contributed by atoms with van der Waals surface area (Å²) in [7, 11) is 1.41. The van der Waals surface area contributed by atoms with E-state index >= 15 is 0 Å². The molecule has 7 atom stereocenters. The molecule has 7 unspecified atom stereocenters. The van der Waals surface area contributed by atoms with Gasteiger partial charge in [0, 0.05) is 25.6 Å². The number of thioether (sulfide) groups is 1. The average molecular weight is 597 g/mol. The van der Waals surface area contributed by atoms with Crippen LogP contribution in [-0.2, 0) is 33.2 Å². The molecule has 0 aromatic heterocycles. The van der Waals surface area contributed by atoms with Crippen LogP contribution in [0.4, 0.5) is 0 Å². The van der Waals surface area contributed by atoms with Crippen LogP contribution in [-0.4, -0.2) is 93.1 Å². The Labute approximate surface area is 248 Å². The van der Waals surface area contributed by atoms with Crippen molar-refractivity contribution < 1.29 is 43.1 Å². The molecule has 0 spiro atoms. The molecule has 232 valence electrons. The molecule has 2 aliphatic heterocycles. The second kappa shape index (κ2) is 18.3. The number of hydrogen-bond donors (Lipinski definition) is 1. The molecular formula is C31H48O9S. The number of ether oxygens (including phenoxy) is 7. The highest BCUT2D eigenvalue weighted by molar-refractivity contribution is 7.99. The fraction of sp³-hybridized carbons (Fsp3) is 0.774. The third-order valence-corrected chi connectivity index (χ3v) is 8.90. The van der Waals surface area contributed by atoms with Crippen molar-refractivity contribution in [3.63, 3.8) is 0 Å². The van der Waals surface area contributed by atoms with E-state index in [0.29, 0.717) is 38.6 Å². The van der Waals surface area contributed by atoms with Crippen molar-refractivity contribution in [1.82, 2.24) is 0 Å². The molecule has 1 N–H and O–H groups in total. The summed E-state index contributed by atoms with van der Waals surface area (Å²) in [6.45, 7) is 2.04. The van der Waals surface area contributed by atoms with Gasteiger partial charge in [-0.2, -0.15) is 11.8 Å². The molecular weight excluding hydrogens is 548 g/mol. The normalized spacial score (nSPS) is 29.2. The molecule has 1 saturated carbocycles. The SMILES string of the molecule is COC(=O)CSCCCCC1C(O)CC(OC2CCCCO2)C1OCC(COc1ccccc1)OC1CCCCO1. The second-order valence-electron chi connectivity index (χ2n) is 11.0. The highest BCUT2D eigenvalue weighted by Gasteiger charge is 2.45. The first-order valence-electron chi connectivity index (χ1n) is 15.3. The van der Waals surface area contributed by atoms with Crippen LogP contribution in [0.2, 0.25) is 0 Å². The Morgan fingerprint density at radius 3 is 2.49 bits per heavy atom. The van der Waals surface area contributed by atoms with E-state index in [4.69, 9.17) is 33.2 Å². The number of unbranched alkanes of at least 4 members (excludes halogenated alkanes) is 1. The van der Waals surface area contributed by atoms with Gasteiger partial charge in [-0.25, -0.2) is 0 Å². The Hall–Kier alpha value is -1.40. The third-order valence-electron chi connectivity index (χ3n) is 7.88. The van der Waals surface area contributed by atoms with Gasteiger partial charge >= 0.3 is 5.97 Å². The molecule has 1 aromatic carbocycles. The summed E-state index contributed by atoms with van der Waals surface area (Å²) in [5.74, 6) is 1.75. The van der Waals surface area contributed by atoms with Gasteiger partial charge in [0.2, 0.25) is 0 Å². The van der Waals surface area contributed by atoms with E-state index in [0.717, 1.165) is 69.3 Å². The zero-order valence-electron chi connectivity index (χ0n) is 24.4. The highest BCUT2D eigenvalue weighted by atomic mass is 32.2. The van der Waals surface area contributed by atoms with E-state index in [2.05, 4.69) is 0 Å². The minimum atomic E-state index is -0.516. The number of carbonyl (C=O) groups is 1. The van der Waals surface area contributed by atoms with E-state index in [1.807, 2.05) is 30.3 Å². The van der Waals surface area contributed by atoms with Crippen molar-refractivity contribution in [2.24, 2.45) is 5.92 Å². The number of methoxy groups -OCH3 is 1. The fourth-order valence-electron chi connectivity index (χ4n) is 5.66. The molecule has 41 heavy (non-hydrogen) atoms. The molecule has 0 amide bonds. The Morgan fingerprint density at radius 1 is 1.02 bits per heavy atom. The molecule has 3 fully saturated rings. The van der Waals surface area contributed by atoms with Crippen molar-refractivity contribution in [3.05, 3.63) is 30.3 Å². The van der Waals surface area contributed by atoms with Crippen LogP contribution in [0.15, 0.2) is 30.3 Å². The summed E-state index contributed by atoms with van der Waals surface area (Å²) >= 11 is 1.58. The van der Waals surface area contributed by atoms with E-state index in [-0.39, 0.29) is 42.8 Å². The lowest BCUT2D eigenvalue weighted by Crippen LogP contribution is -2.40. The molecule has 9 nitrogen and oxygen atoms in total. The first kappa shape index (κ1) is 32.5. The van der Waals surface area contributed by atoms with Crippen LogP contribution in [0, 0.1) is 5.92 Å². The smallest absolute Gasteiger partial charge is 0.315 e. The van der Waals surface area contributed by atoms with Gasteiger partial charge in [-0.3, -0.25) is 4.79 Å². The molecule has 1 aromatic rings. The van der Waals surface area contributed by atoms with Crippen LogP contribution >= 0.6 is 11.8 Å². The highest BCUT2D eigenvalue weighted by Crippen LogP contribution is 2.37. The molecule has 10 heteroatoms. The standard InChI is InChI=1S/C31H48O9S/c1-34-28(33)22-41-18-10-7-13-25-26(32)19-27(40-30-15-6-9-17-36-30)31(25)38-21-24(39-29-14-5-8-16-35-29)20-37-23-11-3-2-4-12-23/h2-4,11-12,24-27,29-32H,5-10,13-22H2,1H3. The number of esters is 1. The van der Waals surface area contributed by atoms with E-state index < -0.39 is 6.10 Å². The number of hydrogen-bond acceptors (Lipinski definition) is 10. The fourth-order valence-corrected chi connectivity index (χ4v) is 6.50. The van der Waals surface area contributed by atoms with Crippen molar-refractivity contribution in [2.45, 2.75) is 101 Å². The number of para-hydroxylation sites is 1. The molecule has 0 bridgehead atoms. The van der Waals surface area contributed by atoms with Crippen molar-refractivity contribution in [2.75, 3.05) is 45.0 Å². The summed E-state index contributed by atoms with van der Waals surface area (Å²) in [4.78, 5) is 11.4. The third kappa shape index (κ3) is 11.3. The Balaban J connectivity index is 1.35. The summed E-state index contributed by atoms with van der Waals surface area (Å²) in [5, 5.41) is 11.1. The number of benzene rings is 1. The van der Waals surface area contributed by atoms with Crippen LogP contribution in [0.3, 0.4) is 0 Å². The first-order chi connectivity index (χ1) is 20.1. The molecule has 2 saturated heterocycles. The minimum Gasteiger partial charge on any atom is -0.491 e. The second-order valence-corrected chi connectivity index (χ2v) is 12.1. The summed E-state index contributed by atoms with van der Waals surface area (Å²) in [6, 6.07) is 9.70. The van der Waals surface area contributed by atoms with Gasteiger partial charge in [-0.1, -0.05) is 24.6 Å². The average Bonchev–Trinajstić information content (AvgIpc) is 3.30. The molecule has 4 rings (SSSR count). The van der Waals surface area contributed by atoms with Gasteiger partial charge in [0.1, 0.15) is 18.5 Å². The van der Waals surface area contributed by atoms with Gasteiger partial charge in [0.05, 0.1) is 37.8 Å². The lowest BCUT2D eigenvalue weighted by Gasteiger charge is -2.32. The maximum absolute atomic E-state index is 11.4. The summed E-state index contributed by atoms with van der Waals surface area (Å²) in [5.41, 5.74) is 0. The van der Waals surface area contributed by atoms with Crippen LogP contribution in [0.5, 0.6) is 5.75 Å². The summed E-state index contributed by atoms with van der Waals surface area (Å²) in [6.07, 6.45) is 7.24. The molecule has 0 radical (unpaired) electrons. The Kier molecular flexibility index (Phi) is 14.5. The van der Waals surface area contributed by atoms with Gasteiger partial charge in [-0.15, -0.1) is 0 Å². The largest absolute Gasteiger partial charge is 0.491 e. The Morgan fingerprint density at radius 2 is 1.78 bits per heavy atom. The molecule has 2 heterocycles. The lowest BCUT2D eigenvalue weighted by atomic mass is 9.96. The summed E-state index contributed by atoms with van der Waals surface area (Å²) < 4.78 is 41.8. The predicted octanol–water partition coefficient (Wildman–Crippen LogP) is 4.73. The quantitative estimate of drug-likeness (QED) is 0.201. The van der Waals surface area contributed by atoms with Crippen molar-refractivity contribution in [3.8, 4) is 5.75 Å². The molecule has 1 aliphatic carbocycles. The predicted molar refractivity (Wildman–Crippen MR) is 156 cm³/mol. The van der Waals surface area contributed by atoms with E-state index in [9.17, 15) is 9.90 Å². The van der Waals surface area contributed by atoms with Crippen LogP contribution in [0.25, 0.3) is 0 Å². The monoisotopic (exact) mass is 596 g/mol. The number of carbonyl (C=O) groups excluding carboxylic acids is 1. The number of aliphatic hydroxyl groups is 1. The zero-order valence-corrected chi connectivity index (χ0v) is 25.2.